The fourth-order valence-corrected chi connectivity index (χ4v) is 4.36. The third-order valence-electron chi connectivity index (χ3n) is 6.32. The van der Waals surface area contributed by atoms with Crippen molar-refractivity contribution in [2.24, 2.45) is 11.8 Å². The van der Waals surface area contributed by atoms with Gasteiger partial charge in [-0.1, -0.05) is 68.7 Å². The van der Waals surface area contributed by atoms with Crippen LogP contribution in [0.4, 0.5) is 0 Å². The predicted molar refractivity (Wildman–Crippen MR) is 131 cm³/mol. The highest BCUT2D eigenvalue weighted by Gasteiger charge is 2.36. The van der Waals surface area contributed by atoms with Crippen molar-refractivity contribution in [1.29, 1.82) is 0 Å². The molecular formula is C28H40O5. The van der Waals surface area contributed by atoms with Crippen LogP contribution in [-0.2, 0) is 14.3 Å². The first-order valence-electron chi connectivity index (χ1n) is 12.4. The summed E-state index contributed by atoms with van der Waals surface area (Å²) >= 11 is 0. The van der Waals surface area contributed by atoms with E-state index in [1.54, 1.807) is 12.1 Å². The summed E-state index contributed by atoms with van der Waals surface area (Å²) in [6, 6.07) is 9.11. The molecule has 1 aromatic carbocycles. The Hall–Kier alpha value is -2.40. The lowest BCUT2D eigenvalue weighted by atomic mass is 9.90. The summed E-state index contributed by atoms with van der Waals surface area (Å²) < 4.78 is 10.6. The number of aliphatic hydroxyl groups excluding tert-OH is 1. The van der Waals surface area contributed by atoms with Gasteiger partial charge >= 0.3 is 11.9 Å². The Balaban J connectivity index is 1.97. The van der Waals surface area contributed by atoms with Gasteiger partial charge < -0.3 is 14.6 Å². The van der Waals surface area contributed by atoms with Gasteiger partial charge in [0.2, 0.25) is 0 Å². The molecule has 0 aliphatic heterocycles. The fraction of sp³-hybridized carbons (Fsp3) is 0.571. The lowest BCUT2D eigenvalue weighted by Gasteiger charge is -2.22. The number of esters is 2. The number of allylic oxidation sites excluding steroid dienone is 3. The minimum atomic E-state index is -0.419. The molecule has 5 nitrogen and oxygen atoms in total. The monoisotopic (exact) mass is 456 g/mol. The summed E-state index contributed by atoms with van der Waals surface area (Å²) in [7, 11) is 1.41. The van der Waals surface area contributed by atoms with Crippen molar-refractivity contribution in [1.82, 2.24) is 0 Å². The van der Waals surface area contributed by atoms with Crippen LogP contribution >= 0.6 is 0 Å². The van der Waals surface area contributed by atoms with Gasteiger partial charge in [0.25, 0.3) is 0 Å². The van der Waals surface area contributed by atoms with Gasteiger partial charge in [-0.3, -0.25) is 4.79 Å². The first kappa shape index (κ1) is 26.8. The number of carbonyl (C=O) groups excluding carboxylic acids is 2. The highest BCUT2D eigenvalue weighted by molar-refractivity contribution is 5.89. The average Bonchev–Trinajstić information content (AvgIpc) is 3.21. The number of methoxy groups -OCH3 is 1. The van der Waals surface area contributed by atoms with Crippen molar-refractivity contribution >= 4 is 11.9 Å². The summed E-state index contributed by atoms with van der Waals surface area (Å²) in [5, 5.41) is 10.3. The van der Waals surface area contributed by atoms with E-state index in [0.29, 0.717) is 12.0 Å². The topological polar surface area (TPSA) is 72.8 Å². The molecule has 2 rings (SSSR count). The SMILES string of the molecule is CCCCC[C@H](O)/C=C/[C@H]1CC[C@@H](OC(=O)c2ccccc2)[C@@H]1C/C=C\CCCC(=O)OC. The molecule has 0 bridgehead atoms. The Morgan fingerprint density at radius 1 is 1.12 bits per heavy atom. The molecule has 1 aromatic rings. The molecule has 182 valence electrons. The number of hydrogen-bond acceptors (Lipinski definition) is 5. The summed E-state index contributed by atoms with van der Waals surface area (Å²) in [5.74, 6) is -0.0283. The van der Waals surface area contributed by atoms with Crippen LogP contribution < -0.4 is 0 Å². The number of hydrogen-bond donors (Lipinski definition) is 1. The van der Waals surface area contributed by atoms with Crippen molar-refractivity contribution in [2.75, 3.05) is 7.11 Å². The number of unbranched alkanes of at least 4 members (excludes halogenated alkanes) is 3. The summed E-state index contributed by atoms with van der Waals surface area (Å²) in [5.41, 5.74) is 0.569. The van der Waals surface area contributed by atoms with Gasteiger partial charge in [0.1, 0.15) is 6.10 Å². The predicted octanol–water partition coefficient (Wildman–Crippen LogP) is 6.03. The average molecular weight is 457 g/mol. The second kappa shape index (κ2) is 15.4. The van der Waals surface area contributed by atoms with Crippen molar-refractivity contribution < 1.29 is 24.2 Å². The third kappa shape index (κ3) is 9.95. The normalized spacial score (nSPS) is 21.5. The van der Waals surface area contributed by atoms with Crippen molar-refractivity contribution in [3.05, 3.63) is 60.2 Å². The Bertz CT molecular complexity index is 755. The zero-order valence-electron chi connectivity index (χ0n) is 20.2. The van der Waals surface area contributed by atoms with E-state index in [-0.39, 0.29) is 29.9 Å². The van der Waals surface area contributed by atoms with E-state index in [2.05, 4.69) is 29.9 Å². The molecule has 0 aromatic heterocycles. The standard InChI is InChI=1S/C28H40O5/c1-3-4-8-15-24(29)20-18-22-19-21-26(33-28(31)23-13-9-7-10-14-23)25(22)16-11-5-6-12-17-27(30)32-2/h5,7,9-11,13-14,18,20,22,24-26,29H,3-4,6,8,12,15-17,19,21H2,1-2H3/b11-5-,20-18+/t22-,24-,25+,26+/m0/s1. The smallest absolute Gasteiger partial charge is 0.338 e. The van der Waals surface area contributed by atoms with Gasteiger partial charge in [0.15, 0.2) is 0 Å². The number of aliphatic hydroxyl groups is 1. The van der Waals surface area contributed by atoms with Crippen LogP contribution in [0.2, 0.25) is 0 Å². The zero-order chi connectivity index (χ0) is 23.9. The van der Waals surface area contributed by atoms with E-state index in [9.17, 15) is 14.7 Å². The van der Waals surface area contributed by atoms with Gasteiger partial charge in [-0.05, 0) is 56.6 Å². The van der Waals surface area contributed by atoms with E-state index >= 15 is 0 Å². The Morgan fingerprint density at radius 3 is 2.64 bits per heavy atom. The fourth-order valence-electron chi connectivity index (χ4n) is 4.36. The number of benzene rings is 1. The van der Waals surface area contributed by atoms with Crippen LogP contribution in [0.25, 0.3) is 0 Å². The minimum absolute atomic E-state index is 0.149. The van der Waals surface area contributed by atoms with Gasteiger partial charge in [0, 0.05) is 12.3 Å². The molecule has 0 amide bonds. The molecule has 1 N–H and O–H groups in total. The third-order valence-corrected chi connectivity index (χ3v) is 6.32. The molecule has 0 saturated heterocycles. The van der Waals surface area contributed by atoms with E-state index < -0.39 is 6.10 Å². The summed E-state index contributed by atoms with van der Waals surface area (Å²) in [6.07, 6.45) is 16.3. The van der Waals surface area contributed by atoms with Crippen LogP contribution in [0.1, 0.15) is 81.5 Å². The molecule has 0 spiro atoms. The molecule has 0 radical (unpaired) electrons. The van der Waals surface area contributed by atoms with Crippen LogP contribution in [-0.4, -0.2) is 36.4 Å². The minimum Gasteiger partial charge on any atom is -0.469 e. The van der Waals surface area contributed by atoms with Gasteiger partial charge in [-0.2, -0.15) is 0 Å². The van der Waals surface area contributed by atoms with E-state index in [0.717, 1.165) is 57.8 Å². The first-order valence-corrected chi connectivity index (χ1v) is 12.4. The number of ether oxygens (including phenoxy) is 2. The molecule has 1 aliphatic carbocycles. The quantitative estimate of drug-likeness (QED) is 0.210. The van der Waals surface area contributed by atoms with Crippen LogP contribution in [0.3, 0.4) is 0 Å². The molecule has 1 fully saturated rings. The van der Waals surface area contributed by atoms with Crippen molar-refractivity contribution in [2.45, 2.75) is 83.3 Å². The molecular weight excluding hydrogens is 416 g/mol. The van der Waals surface area contributed by atoms with Crippen molar-refractivity contribution in [3.63, 3.8) is 0 Å². The lowest BCUT2D eigenvalue weighted by molar-refractivity contribution is -0.140. The first-order chi connectivity index (χ1) is 16.0. The van der Waals surface area contributed by atoms with E-state index in [4.69, 9.17) is 4.74 Å². The largest absolute Gasteiger partial charge is 0.469 e. The molecule has 0 heterocycles. The molecule has 1 aliphatic rings. The van der Waals surface area contributed by atoms with E-state index in [1.165, 1.54) is 7.11 Å². The number of rotatable bonds is 14. The maximum atomic E-state index is 12.6. The second-order valence-electron chi connectivity index (χ2n) is 8.84. The van der Waals surface area contributed by atoms with Crippen LogP contribution in [0.15, 0.2) is 54.6 Å². The van der Waals surface area contributed by atoms with Crippen LogP contribution in [0.5, 0.6) is 0 Å². The van der Waals surface area contributed by atoms with Crippen LogP contribution in [0, 0.1) is 11.8 Å². The van der Waals surface area contributed by atoms with Gasteiger partial charge in [-0.25, -0.2) is 4.79 Å². The molecule has 33 heavy (non-hydrogen) atoms. The molecule has 5 heteroatoms. The van der Waals surface area contributed by atoms with Crippen molar-refractivity contribution in [3.8, 4) is 0 Å². The molecule has 1 saturated carbocycles. The molecule has 0 unspecified atom stereocenters. The van der Waals surface area contributed by atoms with Gasteiger partial charge in [0.05, 0.1) is 18.8 Å². The Labute approximate surface area is 198 Å². The number of carbonyl (C=O) groups is 2. The highest BCUT2D eigenvalue weighted by atomic mass is 16.5. The maximum Gasteiger partial charge on any atom is 0.338 e. The zero-order valence-corrected chi connectivity index (χ0v) is 20.2. The summed E-state index contributed by atoms with van der Waals surface area (Å²) in [6.45, 7) is 2.16. The van der Waals surface area contributed by atoms with Gasteiger partial charge in [-0.15, -0.1) is 0 Å². The lowest BCUT2D eigenvalue weighted by Crippen LogP contribution is -2.24. The summed E-state index contributed by atoms with van der Waals surface area (Å²) in [4.78, 5) is 23.9. The Kier molecular flexibility index (Phi) is 12.6. The second-order valence-corrected chi connectivity index (χ2v) is 8.84. The maximum absolute atomic E-state index is 12.6. The Morgan fingerprint density at radius 2 is 1.91 bits per heavy atom. The van der Waals surface area contributed by atoms with E-state index in [1.807, 2.05) is 24.3 Å². The highest BCUT2D eigenvalue weighted by Crippen LogP contribution is 2.38. The molecule has 4 atom stereocenters.